The second-order valence-corrected chi connectivity index (χ2v) is 4.99. The van der Waals surface area contributed by atoms with Crippen LogP contribution in [0.4, 0.5) is 13.2 Å². The minimum Gasteiger partial charge on any atom is -0.395 e. The Hall–Kier alpha value is -1.04. The molecule has 0 aromatic heterocycles. The molecule has 1 saturated carbocycles. The molecule has 3 nitrogen and oxygen atoms in total. The number of aliphatic hydroxyl groups is 1. The topological polar surface area (TPSA) is 40.5 Å². The van der Waals surface area contributed by atoms with Crippen molar-refractivity contribution in [1.29, 1.82) is 0 Å². The first-order chi connectivity index (χ1) is 8.40. The van der Waals surface area contributed by atoms with Gasteiger partial charge in [-0.05, 0) is 24.7 Å². The lowest BCUT2D eigenvalue weighted by atomic mass is 9.92. The molecular weight excluding hydrogens is 247 g/mol. The summed E-state index contributed by atoms with van der Waals surface area (Å²) in [6.45, 7) is -1.97. The SMILES string of the molecule is O=C(C1CC2C=CC1C2)N(CCO)CC(F)(F)F. The van der Waals surface area contributed by atoms with Crippen molar-refractivity contribution in [3.63, 3.8) is 0 Å². The van der Waals surface area contributed by atoms with E-state index in [0.717, 1.165) is 11.3 Å². The highest BCUT2D eigenvalue weighted by atomic mass is 19.4. The maximum absolute atomic E-state index is 12.4. The van der Waals surface area contributed by atoms with Gasteiger partial charge in [-0.25, -0.2) is 0 Å². The number of allylic oxidation sites excluding steroid dienone is 2. The number of hydrogen-bond donors (Lipinski definition) is 1. The molecule has 2 aliphatic carbocycles. The van der Waals surface area contributed by atoms with E-state index in [1.807, 2.05) is 12.2 Å². The van der Waals surface area contributed by atoms with E-state index in [4.69, 9.17) is 5.11 Å². The van der Waals surface area contributed by atoms with Gasteiger partial charge in [-0.3, -0.25) is 4.79 Å². The quantitative estimate of drug-likeness (QED) is 0.782. The molecular formula is C12H16F3NO2. The van der Waals surface area contributed by atoms with Crippen LogP contribution in [-0.4, -0.2) is 41.8 Å². The molecule has 6 heteroatoms. The summed E-state index contributed by atoms with van der Waals surface area (Å²) in [5, 5.41) is 8.78. The lowest BCUT2D eigenvalue weighted by molar-refractivity contribution is -0.165. The number of hydrogen-bond acceptors (Lipinski definition) is 2. The minimum atomic E-state index is -4.42. The van der Waals surface area contributed by atoms with Gasteiger partial charge in [-0.1, -0.05) is 12.2 Å². The molecule has 18 heavy (non-hydrogen) atoms. The van der Waals surface area contributed by atoms with Crippen LogP contribution in [0.15, 0.2) is 12.2 Å². The molecule has 1 fully saturated rings. The molecule has 2 rings (SSSR count). The summed E-state index contributed by atoms with van der Waals surface area (Å²) in [5.41, 5.74) is 0. The summed E-state index contributed by atoms with van der Waals surface area (Å²) in [6, 6.07) is 0. The van der Waals surface area contributed by atoms with Crippen LogP contribution in [0.1, 0.15) is 12.8 Å². The second kappa shape index (κ2) is 4.91. The van der Waals surface area contributed by atoms with E-state index in [2.05, 4.69) is 0 Å². The van der Waals surface area contributed by atoms with Gasteiger partial charge in [-0.2, -0.15) is 13.2 Å². The van der Waals surface area contributed by atoms with E-state index >= 15 is 0 Å². The van der Waals surface area contributed by atoms with Crippen LogP contribution in [0.2, 0.25) is 0 Å². The fourth-order valence-corrected chi connectivity index (χ4v) is 2.90. The molecule has 0 saturated heterocycles. The standard InChI is InChI=1S/C12H16F3NO2/c13-12(14,15)7-16(3-4-17)11(18)10-6-8-1-2-9(10)5-8/h1-2,8-10,17H,3-7H2. The zero-order valence-electron chi connectivity index (χ0n) is 9.86. The monoisotopic (exact) mass is 263 g/mol. The summed E-state index contributed by atoms with van der Waals surface area (Å²) in [4.78, 5) is 12.8. The van der Waals surface area contributed by atoms with Gasteiger partial charge in [0.2, 0.25) is 5.91 Å². The second-order valence-electron chi connectivity index (χ2n) is 4.99. The first-order valence-corrected chi connectivity index (χ1v) is 6.05. The Balaban J connectivity index is 2.02. The first kappa shape index (κ1) is 13.4. The minimum absolute atomic E-state index is 0.0805. The molecule has 1 N–H and O–H groups in total. The molecule has 0 aliphatic heterocycles. The maximum atomic E-state index is 12.4. The predicted molar refractivity (Wildman–Crippen MR) is 58.6 cm³/mol. The number of aliphatic hydroxyl groups excluding tert-OH is 1. The van der Waals surface area contributed by atoms with Gasteiger partial charge in [0.05, 0.1) is 6.61 Å². The molecule has 0 aromatic carbocycles. The van der Waals surface area contributed by atoms with E-state index in [1.54, 1.807) is 0 Å². The lowest BCUT2D eigenvalue weighted by Gasteiger charge is -2.28. The van der Waals surface area contributed by atoms with E-state index in [-0.39, 0.29) is 18.4 Å². The van der Waals surface area contributed by atoms with Gasteiger partial charge < -0.3 is 10.0 Å². The number of halogens is 3. The molecule has 0 aromatic rings. The summed E-state index contributed by atoms with van der Waals surface area (Å²) in [6.07, 6.45) is 1.06. The fourth-order valence-electron chi connectivity index (χ4n) is 2.90. The molecule has 2 aliphatic rings. The van der Waals surface area contributed by atoms with Crippen molar-refractivity contribution < 1.29 is 23.1 Å². The van der Waals surface area contributed by atoms with E-state index in [9.17, 15) is 18.0 Å². The Labute approximate surface area is 103 Å². The largest absolute Gasteiger partial charge is 0.406 e. The Morgan fingerprint density at radius 3 is 2.50 bits per heavy atom. The third kappa shape index (κ3) is 2.85. The molecule has 1 amide bonds. The van der Waals surface area contributed by atoms with Crippen LogP contribution >= 0.6 is 0 Å². The Morgan fingerprint density at radius 2 is 2.06 bits per heavy atom. The van der Waals surface area contributed by atoms with Gasteiger partial charge in [0.25, 0.3) is 0 Å². The highest BCUT2D eigenvalue weighted by Crippen LogP contribution is 2.44. The average molecular weight is 263 g/mol. The summed E-state index contributed by atoms with van der Waals surface area (Å²) in [5.74, 6) is -0.394. The van der Waals surface area contributed by atoms with Crippen molar-refractivity contribution in [2.75, 3.05) is 19.7 Å². The number of carbonyl (C=O) groups is 1. The molecule has 102 valence electrons. The molecule has 0 spiro atoms. The predicted octanol–water partition coefficient (Wildman–Crippen LogP) is 1.58. The van der Waals surface area contributed by atoms with Crippen LogP contribution in [0, 0.1) is 17.8 Å². The molecule has 0 radical (unpaired) electrons. The van der Waals surface area contributed by atoms with E-state index < -0.39 is 25.2 Å². The van der Waals surface area contributed by atoms with Crippen molar-refractivity contribution >= 4 is 5.91 Å². The number of nitrogens with zero attached hydrogens (tertiary/aromatic N) is 1. The molecule has 0 heterocycles. The van der Waals surface area contributed by atoms with Gasteiger partial charge in [-0.15, -0.1) is 0 Å². The number of rotatable bonds is 4. The van der Waals surface area contributed by atoms with Crippen LogP contribution in [0.25, 0.3) is 0 Å². The average Bonchev–Trinajstić information content (AvgIpc) is 2.87. The molecule has 3 unspecified atom stereocenters. The summed E-state index contributed by atoms with van der Waals surface area (Å²) >= 11 is 0. The normalized spacial score (nSPS) is 29.9. The van der Waals surface area contributed by atoms with E-state index in [1.165, 1.54) is 0 Å². The third-order valence-electron chi connectivity index (χ3n) is 3.65. The fraction of sp³-hybridized carbons (Fsp3) is 0.750. The highest BCUT2D eigenvalue weighted by molar-refractivity contribution is 5.80. The Bertz CT molecular complexity index is 354. The van der Waals surface area contributed by atoms with Crippen molar-refractivity contribution in [3.05, 3.63) is 12.2 Å². The van der Waals surface area contributed by atoms with Crippen LogP contribution < -0.4 is 0 Å². The van der Waals surface area contributed by atoms with Gasteiger partial charge in [0.15, 0.2) is 0 Å². The number of amides is 1. The van der Waals surface area contributed by atoms with Crippen molar-refractivity contribution in [2.24, 2.45) is 17.8 Å². The zero-order valence-corrected chi connectivity index (χ0v) is 9.86. The first-order valence-electron chi connectivity index (χ1n) is 6.05. The van der Waals surface area contributed by atoms with Gasteiger partial charge in [0, 0.05) is 12.5 Å². The number of alkyl halides is 3. The summed E-state index contributed by atoms with van der Waals surface area (Å²) in [7, 11) is 0. The van der Waals surface area contributed by atoms with Crippen molar-refractivity contribution in [1.82, 2.24) is 4.90 Å². The molecule has 3 atom stereocenters. The smallest absolute Gasteiger partial charge is 0.395 e. The van der Waals surface area contributed by atoms with Crippen molar-refractivity contribution in [2.45, 2.75) is 19.0 Å². The van der Waals surface area contributed by atoms with Crippen LogP contribution in [-0.2, 0) is 4.79 Å². The number of fused-ring (bicyclic) bond motifs is 2. The van der Waals surface area contributed by atoms with Crippen molar-refractivity contribution in [3.8, 4) is 0 Å². The van der Waals surface area contributed by atoms with Crippen LogP contribution in [0.5, 0.6) is 0 Å². The lowest BCUT2D eigenvalue weighted by Crippen LogP contribution is -2.44. The Kier molecular flexibility index (Phi) is 3.66. The molecule has 2 bridgehead atoms. The third-order valence-corrected chi connectivity index (χ3v) is 3.65. The van der Waals surface area contributed by atoms with Gasteiger partial charge in [0.1, 0.15) is 6.54 Å². The maximum Gasteiger partial charge on any atom is 0.406 e. The highest BCUT2D eigenvalue weighted by Gasteiger charge is 2.43. The van der Waals surface area contributed by atoms with Crippen LogP contribution in [0.3, 0.4) is 0 Å². The zero-order chi connectivity index (χ0) is 13.3. The number of carbonyl (C=O) groups excluding carboxylic acids is 1. The summed E-state index contributed by atoms with van der Waals surface area (Å²) < 4.78 is 37.1. The van der Waals surface area contributed by atoms with E-state index in [0.29, 0.717) is 12.3 Å². The van der Waals surface area contributed by atoms with Gasteiger partial charge >= 0.3 is 6.18 Å². The Morgan fingerprint density at radius 1 is 1.33 bits per heavy atom.